The van der Waals surface area contributed by atoms with Gasteiger partial charge in [0, 0.05) is 38.1 Å². The summed E-state index contributed by atoms with van der Waals surface area (Å²) in [7, 11) is 3.89. The van der Waals surface area contributed by atoms with Gasteiger partial charge in [-0.05, 0) is 56.9 Å². The highest BCUT2D eigenvalue weighted by molar-refractivity contribution is 5.94. The van der Waals surface area contributed by atoms with Gasteiger partial charge >= 0.3 is 12.0 Å². The lowest BCUT2D eigenvalue weighted by molar-refractivity contribution is 0.0526. The van der Waals surface area contributed by atoms with Crippen LogP contribution in [0.4, 0.5) is 22.2 Å². The number of nitrogens with one attached hydrogen (secondary N) is 3. The fraction of sp³-hybridized carbons (Fsp3) is 0.455. The number of carbonyl (C=O) groups is 2. The summed E-state index contributed by atoms with van der Waals surface area (Å²) in [6, 6.07) is 8.69. The molecule has 0 atom stereocenters. The van der Waals surface area contributed by atoms with Crippen molar-refractivity contribution < 1.29 is 14.3 Å². The van der Waals surface area contributed by atoms with Crippen molar-refractivity contribution in [3.05, 3.63) is 42.1 Å². The van der Waals surface area contributed by atoms with Crippen molar-refractivity contribution in [2.45, 2.75) is 44.7 Å². The standard InChI is InChI=1S/C22H30N6O3/c1-4-31-20(29)15-6-5-7-18(14-15)26-22(30)25-17-10-8-16(9-11-17)24-21-23-13-12-19(27-21)28(2)3/h5-7,12-14,16-17H,4,8-11H2,1-3H3,(H,23,24,27)(H2,25,26,30). The van der Waals surface area contributed by atoms with Crippen LogP contribution in [0.2, 0.25) is 0 Å². The summed E-state index contributed by atoms with van der Waals surface area (Å²) in [5.41, 5.74) is 0.961. The molecule has 3 N–H and O–H groups in total. The first-order valence-electron chi connectivity index (χ1n) is 10.6. The van der Waals surface area contributed by atoms with Gasteiger partial charge in [0.25, 0.3) is 0 Å². The highest BCUT2D eigenvalue weighted by atomic mass is 16.5. The topological polar surface area (TPSA) is 108 Å². The number of esters is 1. The molecule has 31 heavy (non-hydrogen) atoms. The van der Waals surface area contributed by atoms with Gasteiger partial charge in [0.15, 0.2) is 0 Å². The molecule has 1 heterocycles. The van der Waals surface area contributed by atoms with Gasteiger partial charge in [-0.25, -0.2) is 14.6 Å². The molecule has 1 aliphatic rings. The number of carbonyl (C=O) groups excluding carboxylic acids is 2. The minimum Gasteiger partial charge on any atom is -0.462 e. The number of nitrogens with zero attached hydrogens (tertiary/aromatic N) is 3. The molecule has 0 aliphatic heterocycles. The number of aromatic nitrogens is 2. The summed E-state index contributed by atoms with van der Waals surface area (Å²) in [5, 5.41) is 9.21. The second-order valence-electron chi connectivity index (χ2n) is 7.73. The molecule has 0 saturated heterocycles. The van der Waals surface area contributed by atoms with E-state index in [0.29, 0.717) is 23.8 Å². The maximum Gasteiger partial charge on any atom is 0.338 e. The van der Waals surface area contributed by atoms with Gasteiger partial charge in [-0.3, -0.25) is 0 Å². The molecule has 166 valence electrons. The van der Waals surface area contributed by atoms with E-state index in [0.717, 1.165) is 31.5 Å². The second kappa shape index (κ2) is 10.6. The SMILES string of the molecule is CCOC(=O)c1cccc(NC(=O)NC2CCC(Nc3nccc(N(C)C)n3)CC2)c1. The van der Waals surface area contributed by atoms with E-state index in [1.165, 1.54) is 0 Å². The van der Waals surface area contributed by atoms with Crippen LogP contribution in [0.1, 0.15) is 43.0 Å². The fourth-order valence-corrected chi connectivity index (χ4v) is 3.52. The molecule has 0 unspecified atom stereocenters. The quantitative estimate of drug-likeness (QED) is 0.583. The van der Waals surface area contributed by atoms with E-state index in [2.05, 4.69) is 25.9 Å². The molecule has 2 aromatic rings. The minimum atomic E-state index is -0.405. The first-order valence-corrected chi connectivity index (χ1v) is 10.6. The summed E-state index contributed by atoms with van der Waals surface area (Å²) in [4.78, 5) is 35.0. The Kier molecular flexibility index (Phi) is 7.64. The van der Waals surface area contributed by atoms with Crippen molar-refractivity contribution >= 4 is 29.5 Å². The smallest absolute Gasteiger partial charge is 0.338 e. The lowest BCUT2D eigenvalue weighted by Gasteiger charge is -2.29. The second-order valence-corrected chi connectivity index (χ2v) is 7.73. The Hall–Kier alpha value is -3.36. The molecule has 1 fully saturated rings. The van der Waals surface area contributed by atoms with Gasteiger partial charge in [-0.2, -0.15) is 4.98 Å². The van der Waals surface area contributed by atoms with Gasteiger partial charge in [0.2, 0.25) is 5.95 Å². The first-order chi connectivity index (χ1) is 14.9. The number of benzene rings is 1. The van der Waals surface area contributed by atoms with Crippen molar-refractivity contribution in [3.8, 4) is 0 Å². The third-order valence-corrected chi connectivity index (χ3v) is 5.13. The van der Waals surface area contributed by atoms with E-state index >= 15 is 0 Å². The summed E-state index contributed by atoms with van der Waals surface area (Å²) in [6.07, 6.45) is 5.31. The third kappa shape index (κ3) is 6.56. The van der Waals surface area contributed by atoms with Crippen molar-refractivity contribution in [1.29, 1.82) is 0 Å². The zero-order valence-corrected chi connectivity index (χ0v) is 18.2. The number of ether oxygens (including phenoxy) is 1. The van der Waals surface area contributed by atoms with Crippen LogP contribution in [0.5, 0.6) is 0 Å². The zero-order valence-electron chi connectivity index (χ0n) is 18.2. The van der Waals surface area contributed by atoms with Crippen LogP contribution >= 0.6 is 0 Å². The molecule has 9 nitrogen and oxygen atoms in total. The third-order valence-electron chi connectivity index (χ3n) is 5.13. The maximum absolute atomic E-state index is 12.4. The lowest BCUT2D eigenvalue weighted by atomic mass is 9.91. The van der Waals surface area contributed by atoms with E-state index in [1.54, 1.807) is 37.4 Å². The first kappa shape index (κ1) is 22.3. The van der Waals surface area contributed by atoms with Crippen LogP contribution in [-0.2, 0) is 4.74 Å². The Morgan fingerprint density at radius 2 is 1.87 bits per heavy atom. The minimum absolute atomic E-state index is 0.0975. The largest absolute Gasteiger partial charge is 0.462 e. The van der Waals surface area contributed by atoms with Crippen LogP contribution in [-0.4, -0.2) is 54.8 Å². The van der Waals surface area contributed by atoms with Gasteiger partial charge in [-0.1, -0.05) is 6.07 Å². The van der Waals surface area contributed by atoms with Crippen molar-refractivity contribution in [2.75, 3.05) is 36.2 Å². The lowest BCUT2D eigenvalue weighted by Crippen LogP contribution is -2.42. The molecular weight excluding hydrogens is 396 g/mol. The van der Waals surface area contributed by atoms with Crippen molar-refractivity contribution in [2.24, 2.45) is 0 Å². The van der Waals surface area contributed by atoms with Crippen LogP contribution in [0.15, 0.2) is 36.5 Å². The monoisotopic (exact) mass is 426 g/mol. The number of urea groups is 1. The molecule has 3 rings (SSSR count). The molecule has 1 aromatic carbocycles. The summed E-state index contributed by atoms with van der Waals surface area (Å²) < 4.78 is 5.00. The Balaban J connectivity index is 1.45. The van der Waals surface area contributed by atoms with Crippen LogP contribution in [0.3, 0.4) is 0 Å². The summed E-state index contributed by atoms with van der Waals surface area (Å²) in [5.74, 6) is 1.08. The molecule has 2 amide bonds. The van der Waals surface area contributed by atoms with E-state index < -0.39 is 5.97 Å². The number of hydrogen-bond donors (Lipinski definition) is 3. The van der Waals surface area contributed by atoms with Gasteiger partial charge < -0.3 is 25.6 Å². The van der Waals surface area contributed by atoms with E-state index in [4.69, 9.17) is 4.74 Å². The molecule has 0 spiro atoms. The molecule has 1 saturated carbocycles. The van der Waals surface area contributed by atoms with E-state index in [9.17, 15) is 9.59 Å². The van der Waals surface area contributed by atoms with E-state index in [-0.39, 0.29) is 18.1 Å². The Morgan fingerprint density at radius 1 is 1.13 bits per heavy atom. The molecule has 0 radical (unpaired) electrons. The average molecular weight is 427 g/mol. The highest BCUT2D eigenvalue weighted by Crippen LogP contribution is 2.22. The summed E-state index contributed by atoms with van der Waals surface area (Å²) in [6.45, 7) is 2.06. The zero-order chi connectivity index (χ0) is 22.2. The van der Waals surface area contributed by atoms with Crippen molar-refractivity contribution in [1.82, 2.24) is 15.3 Å². The van der Waals surface area contributed by atoms with Gasteiger partial charge in [0.1, 0.15) is 5.82 Å². The number of hydrogen-bond acceptors (Lipinski definition) is 7. The Morgan fingerprint density at radius 3 is 2.58 bits per heavy atom. The Bertz CT molecular complexity index is 896. The number of amides is 2. The number of anilines is 3. The van der Waals surface area contributed by atoms with Crippen LogP contribution in [0, 0.1) is 0 Å². The normalized spacial score (nSPS) is 18.0. The maximum atomic E-state index is 12.4. The Labute approximate surface area is 182 Å². The molecule has 1 aliphatic carbocycles. The van der Waals surface area contributed by atoms with Gasteiger partial charge in [0.05, 0.1) is 12.2 Å². The van der Waals surface area contributed by atoms with Crippen molar-refractivity contribution in [3.63, 3.8) is 0 Å². The summed E-state index contributed by atoms with van der Waals surface area (Å²) >= 11 is 0. The highest BCUT2D eigenvalue weighted by Gasteiger charge is 2.23. The molecular formula is C22H30N6O3. The van der Waals surface area contributed by atoms with Crippen LogP contribution < -0.4 is 20.9 Å². The molecule has 9 heteroatoms. The average Bonchev–Trinajstić information content (AvgIpc) is 2.75. The predicted molar refractivity (Wildman–Crippen MR) is 121 cm³/mol. The van der Waals surface area contributed by atoms with Gasteiger partial charge in [-0.15, -0.1) is 0 Å². The molecule has 1 aromatic heterocycles. The fourth-order valence-electron chi connectivity index (χ4n) is 3.52. The van der Waals surface area contributed by atoms with E-state index in [1.807, 2.05) is 25.1 Å². The molecule has 0 bridgehead atoms. The predicted octanol–water partition coefficient (Wildman–Crippen LogP) is 3.26. The van der Waals surface area contributed by atoms with Crippen LogP contribution in [0.25, 0.3) is 0 Å². The number of rotatable bonds is 7.